The minimum Gasteiger partial charge on any atom is -0.339 e. The summed E-state index contributed by atoms with van der Waals surface area (Å²) >= 11 is 0. The molecular formula is C11H16F3N3O. The van der Waals surface area contributed by atoms with Gasteiger partial charge in [-0.2, -0.15) is 18.4 Å². The molecule has 0 atom stereocenters. The molecule has 7 heteroatoms. The lowest BCUT2D eigenvalue weighted by molar-refractivity contribution is -0.153. The smallest absolute Gasteiger partial charge is 0.339 e. The maximum atomic E-state index is 12.2. The number of amides is 1. The molecule has 1 fully saturated rings. The number of carbonyl (C=O) groups is 1. The van der Waals surface area contributed by atoms with Crippen LogP contribution in [0.5, 0.6) is 0 Å². The summed E-state index contributed by atoms with van der Waals surface area (Å²) in [6.07, 6.45) is -4.21. The number of alkyl halides is 3. The normalized spacial score (nSPS) is 18.6. The molecular weight excluding hydrogens is 247 g/mol. The van der Waals surface area contributed by atoms with Gasteiger partial charge in [-0.3, -0.25) is 9.69 Å². The number of hydrogen-bond acceptors (Lipinski definition) is 3. The molecule has 0 saturated carbocycles. The zero-order valence-electron chi connectivity index (χ0n) is 10.4. The Morgan fingerprint density at radius 2 is 1.72 bits per heavy atom. The van der Waals surface area contributed by atoms with Gasteiger partial charge in [-0.15, -0.1) is 0 Å². The fraction of sp³-hybridized carbons (Fsp3) is 0.818. The van der Waals surface area contributed by atoms with Gasteiger partial charge in [0, 0.05) is 26.2 Å². The summed E-state index contributed by atoms with van der Waals surface area (Å²) in [6.45, 7) is 2.92. The largest absolute Gasteiger partial charge is 0.401 e. The highest BCUT2D eigenvalue weighted by Gasteiger charge is 2.36. The summed E-state index contributed by atoms with van der Waals surface area (Å²) in [4.78, 5) is 14.6. The number of piperazine rings is 1. The van der Waals surface area contributed by atoms with E-state index in [0.717, 1.165) is 0 Å². The number of nitriles is 1. The second-order valence-corrected chi connectivity index (χ2v) is 4.92. The maximum absolute atomic E-state index is 12.2. The minimum atomic E-state index is -4.21. The zero-order valence-corrected chi connectivity index (χ0v) is 10.4. The first-order chi connectivity index (χ1) is 8.15. The maximum Gasteiger partial charge on any atom is 0.401 e. The third-order valence-electron chi connectivity index (χ3n) is 2.88. The highest BCUT2D eigenvalue weighted by molar-refractivity contribution is 5.84. The lowest BCUT2D eigenvalue weighted by Gasteiger charge is -2.37. The summed E-state index contributed by atoms with van der Waals surface area (Å²) in [6, 6.07) is 1.90. The van der Waals surface area contributed by atoms with Gasteiger partial charge in [0.05, 0.1) is 12.6 Å². The quantitative estimate of drug-likeness (QED) is 0.753. The van der Waals surface area contributed by atoms with Crippen molar-refractivity contribution in [3.63, 3.8) is 0 Å². The van der Waals surface area contributed by atoms with E-state index in [-0.39, 0.29) is 32.1 Å². The van der Waals surface area contributed by atoms with Gasteiger partial charge in [0.15, 0.2) is 0 Å². The second kappa shape index (κ2) is 5.14. The van der Waals surface area contributed by atoms with Crippen LogP contribution in [0.25, 0.3) is 0 Å². The van der Waals surface area contributed by atoms with E-state index in [0.29, 0.717) is 0 Å². The molecule has 0 radical (unpaired) electrons. The summed E-state index contributed by atoms with van der Waals surface area (Å²) < 4.78 is 36.5. The van der Waals surface area contributed by atoms with Crippen molar-refractivity contribution in [2.24, 2.45) is 5.41 Å². The molecule has 0 unspecified atom stereocenters. The van der Waals surface area contributed by atoms with Crippen molar-refractivity contribution in [3.05, 3.63) is 0 Å². The highest BCUT2D eigenvalue weighted by atomic mass is 19.4. The molecule has 0 aromatic carbocycles. The Hall–Kier alpha value is -1.29. The van der Waals surface area contributed by atoms with Crippen molar-refractivity contribution in [1.29, 1.82) is 5.26 Å². The van der Waals surface area contributed by atoms with Crippen molar-refractivity contribution in [2.45, 2.75) is 20.0 Å². The fourth-order valence-electron chi connectivity index (χ4n) is 1.81. The van der Waals surface area contributed by atoms with Gasteiger partial charge < -0.3 is 4.90 Å². The van der Waals surface area contributed by atoms with Crippen LogP contribution in [0.15, 0.2) is 0 Å². The Morgan fingerprint density at radius 3 is 2.11 bits per heavy atom. The van der Waals surface area contributed by atoms with Crippen LogP contribution in [0.3, 0.4) is 0 Å². The van der Waals surface area contributed by atoms with Crippen molar-refractivity contribution in [2.75, 3.05) is 32.7 Å². The highest BCUT2D eigenvalue weighted by Crippen LogP contribution is 2.21. The van der Waals surface area contributed by atoms with Crippen molar-refractivity contribution >= 4 is 5.91 Å². The van der Waals surface area contributed by atoms with Crippen LogP contribution in [0.1, 0.15) is 13.8 Å². The van der Waals surface area contributed by atoms with E-state index in [2.05, 4.69) is 0 Å². The van der Waals surface area contributed by atoms with E-state index >= 15 is 0 Å². The molecule has 102 valence electrons. The first kappa shape index (κ1) is 14.8. The molecule has 18 heavy (non-hydrogen) atoms. The average molecular weight is 263 g/mol. The molecule has 1 aliphatic rings. The summed E-state index contributed by atoms with van der Waals surface area (Å²) in [7, 11) is 0. The molecule has 1 saturated heterocycles. The van der Waals surface area contributed by atoms with Crippen LogP contribution in [-0.4, -0.2) is 54.6 Å². The zero-order chi connectivity index (χ0) is 14.0. The molecule has 4 nitrogen and oxygen atoms in total. The molecule has 0 aromatic heterocycles. The molecule has 0 spiro atoms. The lowest BCUT2D eigenvalue weighted by Crippen LogP contribution is -2.53. The van der Waals surface area contributed by atoms with E-state index in [4.69, 9.17) is 5.26 Å². The van der Waals surface area contributed by atoms with E-state index in [1.807, 2.05) is 6.07 Å². The van der Waals surface area contributed by atoms with Gasteiger partial charge in [0.2, 0.25) is 5.91 Å². The van der Waals surface area contributed by atoms with Crippen LogP contribution in [0, 0.1) is 16.7 Å². The van der Waals surface area contributed by atoms with E-state index < -0.39 is 18.1 Å². The van der Waals surface area contributed by atoms with Gasteiger partial charge in [-0.05, 0) is 13.8 Å². The molecule has 1 amide bonds. The van der Waals surface area contributed by atoms with Crippen LogP contribution < -0.4 is 0 Å². The van der Waals surface area contributed by atoms with Crippen LogP contribution in [-0.2, 0) is 4.79 Å². The Balaban J connectivity index is 2.50. The first-order valence-corrected chi connectivity index (χ1v) is 5.65. The lowest BCUT2D eigenvalue weighted by atomic mass is 9.93. The van der Waals surface area contributed by atoms with Crippen molar-refractivity contribution in [1.82, 2.24) is 9.80 Å². The van der Waals surface area contributed by atoms with Gasteiger partial charge in [0.25, 0.3) is 0 Å². The molecule has 1 rings (SSSR count). The topological polar surface area (TPSA) is 47.3 Å². The standard InChI is InChI=1S/C11H16F3N3O/c1-10(2,7-15)9(18)17-5-3-16(4-6-17)8-11(12,13)14/h3-6,8H2,1-2H3. The summed E-state index contributed by atoms with van der Waals surface area (Å²) in [5, 5.41) is 8.84. The molecule has 0 aromatic rings. The number of carbonyl (C=O) groups excluding carboxylic acids is 1. The number of nitrogens with zero attached hydrogens (tertiary/aromatic N) is 3. The van der Waals surface area contributed by atoms with Crippen LogP contribution in [0.4, 0.5) is 13.2 Å². The predicted molar refractivity (Wildman–Crippen MR) is 58.5 cm³/mol. The van der Waals surface area contributed by atoms with Gasteiger partial charge >= 0.3 is 6.18 Å². The second-order valence-electron chi connectivity index (χ2n) is 4.92. The van der Waals surface area contributed by atoms with E-state index in [9.17, 15) is 18.0 Å². The first-order valence-electron chi connectivity index (χ1n) is 5.65. The SMILES string of the molecule is CC(C)(C#N)C(=O)N1CCN(CC(F)(F)F)CC1. The molecule has 0 N–H and O–H groups in total. The number of halogens is 3. The van der Waals surface area contributed by atoms with Crippen LogP contribution >= 0.6 is 0 Å². The fourth-order valence-corrected chi connectivity index (χ4v) is 1.81. The average Bonchev–Trinajstić information content (AvgIpc) is 2.27. The Kier molecular flexibility index (Phi) is 4.22. The minimum absolute atomic E-state index is 0.187. The summed E-state index contributed by atoms with van der Waals surface area (Å²) in [5.41, 5.74) is -1.12. The summed E-state index contributed by atoms with van der Waals surface area (Å²) in [5.74, 6) is -0.323. The molecule has 0 bridgehead atoms. The third-order valence-corrected chi connectivity index (χ3v) is 2.88. The molecule has 1 heterocycles. The van der Waals surface area contributed by atoms with Gasteiger partial charge in [0.1, 0.15) is 5.41 Å². The number of hydrogen-bond donors (Lipinski definition) is 0. The number of rotatable bonds is 2. The molecule has 1 aliphatic heterocycles. The van der Waals surface area contributed by atoms with E-state index in [1.54, 1.807) is 0 Å². The Labute approximate surface area is 104 Å². The van der Waals surface area contributed by atoms with Crippen LogP contribution in [0.2, 0.25) is 0 Å². The Morgan fingerprint density at radius 1 is 1.22 bits per heavy atom. The monoisotopic (exact) mass is 263 g/mol. The third kappa shape index (κ3) is 3.88. The van der Waals surface area contributed by atoms with E-state index in [1.165, 1.54) is 23.6 Å². The predicted octanol–water partition coefficient (Wildman–Crippen LogP) is 1.24. The van der Waals surface area contributed by atoms with Gasteiger partial charge in [-0.1, -0.05) is 0 Å². The van der Waals surface area contributed by atoms with Gasteiger partial charge in [-0.25, -0.2) is 0 Å². The Bertz CT molecular complexity index is 352. The van der Waals surface area contributed by atoms with Crippen molar-refractivity contribution < 1.29 is 18.0 Å². The molecule has 0 aliphatic carbocycles. The van der Waals surface area contributed by atoms with Crippen molar-refractivity contribution in [3.8, 4) is 6.07 Å².